The van der Waals surface area contributed by atoms with Gasteiger partial charge in [0.15, 0.2) is 17.4 Å². The summed E-state index contributed by atoms with van der Waals surface area (Å²) >= 11 is 0. The van der Waals surface area contributed by atoms with E-state index in [1.54, 1.807) is 6.92 Å². The molecule has 0 aromatic heterocycles. The van der Waals surface area contributed by atoms with Crippen molar-refractivity contribution in [3.05, 3.63) is 41.5 Å². The first kappa shape index (κ1) is 10.6. The minimum Gasteiger partial charge on any atom is -0.295 e. The van der Waals surface area contributed by atoms with Crippen molar-refractivity contribution in [3.8, 4) is 0 Å². The van der Waals surface area contributed by atoms with Crippen LogP contribution in [-0.4, -0.2) is 5.78 Å². The van der Waals surface area contributed by atoms with Crippen LogP contribution in [0.3, 0.4) is 0 Å². The van der Waals surface area contributed by atoms with Crippen LogP contribution in [0, 0.1) is 11.6 Å². The first-order valence-electron chi connectivity index (χ1n) is 4.29. The first-order chi connectivity index (χ1) is 6.63. The van der Waals surface area contributed by atoms with E-state index in [9.17, 15) is 13.6 Å². The highest BCUT2D eigenvalue weighted by Crippen LogP contribution is 2.09. The lowest BCUT2D eigenvalue weighted by atomic mass is 10.1. The van der Waals surface area contributed by atoms with Gasteiger partial charge >= 0.3 is 0 Å². The molecule has 0 atom stereocenters. The van der Waals surface area contributed by atoms with Crippen LogP contribution in [0.1, 0.15) is 18.9 Å². The van der Waals surface area contributed by atoms with Crippen molar-refractivity contribution >= 4 is 11.9 Å². The molecule has 1 rings (SSSR count). The Morgan fingerprint density at radius 1 is 1.36 bits per heavy atom. The Hall–Kier alpha value is -1.51. The highest BCUT2D eigenvalue weighted by Gasteiger charge is 2.00. The fourth-order valence-electron chi connectivity index (χ4n) is 0.923. The van der Waals surface area contributed by atoms with Crippen LogP contribution in [0.25, 0.3) is 6.08 Å². The number of carbonyl (C=O) groups excluding carboxylic acids is 1. The Morgan fingerprint density at radius 3 is 2.64 bits per heavy atom. The van der Waals surface area contributed by atoms with Crippen molar-refractivity contribution in [3.63, 3.8) is 0 Å². The molecule has 1 nitrogen and oxygen atoms in total. The number of benzene rings is 1. The molecule has 0 aliphatic rings. The van der Waals surface area contributed by atoms with E-state index < -0.39 is 11.6 Å². The maximum atomic E-state index is 12.7. The van der Waals surface area contributed by atoms with Crippen LogP contribution in [0.15, 0.2) is 24.3 Å². The van der Waals surface area contributed by atoms with E-state index in [4.69, 9.17) is 0 Å². The Kier molecular flexibility index (Phi) is 3.51. The van der Waals surface area contributed by atoms with E-state index in [0.717, 1.165) is 12.1 Å². The standard InChI is InChI=1S/C11H10F2O/c1-2-9(14)5-3-8-4-6-10(12)11(13)7-8/h3-7H,2H2,1H3/b5-3+. The van der Waals surface area contributed by atoms with E-state index in [-0.39, 0.29) is 5.78 Å². The molecule has 0 bridgehead atoms. The van der Waals surface area contributed by atoms with Gasteiger partial charge in [0.1, 0.15) is 0 Å². The summed E-state index contributed by atoms with van der Waals surface area (Å²) in [6.45, 7) is 1.73. The molecule has 0 unspecified atom stereocenters. The number of halogens is 2. The molecule has 14 heavy (non-hydrogen) atoms. The lowest BCUT2D eigenvalue weighted by Crippen LogP contribution is -1.88. The molecule has 0 fully saturated rings. The van der Waals surface area contributed by atoms with Crippen LogP contribution < -0.4 is 0 Å². The quantitative estimate of drug-likeness (QED) is 0.679. The predicted octanol–water partition coefficient (Wildman–Crippen LogP) is 2.96. The van der Waals surface area contributed by atoms with Gasteiger partial charge in [0.2, 0.25) is 0 Å². The second-order valence-corrected chi connectivity index (χ2v) is 2.83. The lowest BCUT2D eigenvalue weighted by Gasteiger charge is -1.94. The molecule has 0 N–H and O–H groups in total. The van der Waals surface area contributed by atoms with Crippen molar-refractivity contribution in [2.75, 3.05) is 0 Å². The molecule has 0 radical (unpaired) electrons. The molecule has 74 valence electrons. The third kappa shape index (κ3) is 2.76. The summed E-state index contributed by atoms with van der Waals surface area (Å²) in [7, 11) is 0. The fourth-order valence-corrected chi connectivity index (χ4v) is 0.923. The minimum absolute atomic E-state index is 0.0465. The zero-order valence-electron chi connectivity index (χ0n) is 7.76. The third-order valence-electron chi connectivity index (χ3n) is 1.75. The molecule has 0 spiro atoms. The van der Waals surface area contributed by atoms with Gasteiger partial charge in [0.25, 0.3) is 0 Å². The summed E-state index contributed by atoms with van der Waals surface area (Å²) in [6, 6.07) is 3.50. The lowest BCUT2D eigenvalue weighted by molar-refractivity contribution is -0.114. The average molecular weight is 196 g/mol. The first-order valence-corrected chi connectivity index (χ1v) is 4.29. The molecule has 0 amide bonds. The molecule has 0 saturated heterocycles. The number of hydrogen-bond donors (Lipinski definition) is 0. The predicted molar refractivity (Wildman–Crippen MR) is 50.7 cm³/mol. The zero-order chi connectivity index (χ0) is 10.6. The van der Waals surface area contributed by atoms with Crippen molar-refractivity contribution in [2.45, 2.75) is 13.3 Å². The average Bonchev–Trinajstić information content (AvgIpc) is 2.19. The van der Waals surface area contributed by atoms with Gasteiger partial charge in [-0.15, -0.1) is 0 Å². The van der Waals surface area contributed by atoms with Crippen molar-refractivity contribution in [1.82, 2.24) is 0 Å². The third-order valence-corrected chi connectivity index (χ3v) is 1.75. The largest absolute Gasteiger partial charge is 0.295 e. The van der Waals surface area contributed by atoms with E-state index in [1.165, 1.54) is 18.2 Å². The summed E-state index contributed by atoms with van der Waals surface area (Å²) in [5.41, 5.74) is 0.478. The van der Waals surface area contributed by atoms with Crippen molar-refractivity contribution < 1.29 is 13.6 Å². The molecule has 0 saturated carbocycles. The van der Waals surface area contributed by atoms with E-state index in [1.807, 2.05) is 0 Å². The van der Waals surface area contributed by atoms with Crippen LogP contribution in [0.5, 0.6) is 0 Å². The van der Waals surface area contributed by atoms with E-state index in [2.05, 4.69) is 0 Å². The number of hydrogen-bond acceptors (Lipinski definition) is 1. The van der Waals surface area contributed by atoms with Crippen LogP contribution in [0.4, 0.5) is 8.78 Å². The normalized spacial score (nSPS) is 10.8. The molecule has 0 aliphatic carbocycles. The van der Waals surface area contributed by atoms with Crippen LogP contribution >= 0.6 is 0 Å². The number of rotatable bonds is 3. The molecule has 1 aromatic carbocycles. The van der Waals surface area contributed by atoms with Gasteiger partial charge in [-0.2, -0.15) is 0 Å². The Morgan fingerprint density at radius 2 is 2.07 bits per heavy atom. The molecular formula is C11H10F2O. The van der Waals surface area contributed by atoms with Gasteiger partial charge in [0.05, 0.1) is 0 Å². The van der Waals surface area contributed by atoms with Gasteiger partial charge in [0, 0.05) is 6.42 Å². The topological polar surface area (TPSA) is 17.1 Å². The van der Waals surface area contributed by atoms with Gasteiger partial charge in [-0.25, -0.2) is 8.78 Å². The van der Waals surface area contributed by atoms with E-state index >= 15 is 0 Å². The van der Waals surface area contributed by atoms with Crippen LogP contribution in [0.2, 0.25) is 0 Å². The number of ketones is 1. The summed E-state index contributed by atoms with van der Waals surface area (Å²) < 4.78 is 25.2. The molecular weight excluding hydrogens is 186 g/mol. The summed E-state index contributed by atoms with van der Waals surface area (Å²) in [5.74, 6) is -1.84. The summed E-state index contributed by atoms with van der Waals surface area (Å²) in [5, 5.41) is 0. The van der Waals surface area contributed by atoms with Gasteiger partial charge in [-0.05, 0) is 23.8 Å². The maximum Gasteiger partial charge on any atom is 0.159 e. The Bertz CT molecular complexity index is 370. The second-order valence-electron chi connectivity index (χ2n) is 2.83. The molecule has 1 aromatic rings. The Balaban J connectivity index is 2.83. The molecule has 3 heteroatoms. The maximum absolute atomic E-state index is 12.7. The van der Waals surface area contributed by atoms with Gasteiger partial charge in [-0.3, -0.25) is 4.79 Å². The Labute approximate surface area is 81.1 Å². The van der Waals surface area contributed by atoms with Crippen LogP contribution in [-0.2, 0) is 4.79 Å². The van der Waals surface area contributed by atoms with Crippen molar-refractivity contribution in [2.24, 2.45) is 0 Å². The smallest absolute Gasteiger partial charge is 0.159 e. The summed E-state index contributed by atoms with van der Waals surface area (Å²) in [4.78, 5) is 10.9. The van der Waals surface area contributed by atoms with Gasteiger partial charge in [-0.1, -0.05) is 19.1 Å². The SMILES string of the molecule is CCC(=O)/C=C/c1ccc(F)c(F)c1. The number of allylic oxidation sites excluding steroid dienone is 1. The van der Waals surface area contributed by atoms with E-state index in [0.29, 0.717) is 12.0 Å². The number of carbonyl (C=O) groups is 1. The minimum atomic E-state index is -0.906. The monoisotopic (exact) mass is 196 g/mol. The molecule has 0 heterocycles. The summed E-state index contributed by atoms with van der Waals surface area (Å²) in [6.07, 6.45) is 3.22. The molecule has 0 aliphatic heterocycles. The fraction of sp³-hybridized carbons (Fsp3) is 0.182. The highest BCUT2D eigenvalue weighted by molar-refractivity contribution is 5.93. The van der Waals surface area contributed by atoms with Gasteiger partial charge < -0.3 is 0 Å². The van der Waals surface area contributed by atoms with Crippen molar-refractivity contribution in [1.29, 1.82) is 0 Å². The highest BCUT2D eigenvalue weighted by atomic mass is 19.2. The second kappa shape index (κ2) is 4.65. The zero-order valence-corrected chi connectivity index (χ0v) is 7.76.